The lowest BCUT2D eigenvalue weighted by Gasteiger charge is -2.62. The standard InChI is InChI=1S/C80H76N4O/c1-50(2)58-44-71(51(3)4)78(72(45-58)52(5)6)59-42-64(82-49-83(75-28-17-16-27-74(75)82)79-67(56-19-10-8-11-20-56)24-18-25-68(79)57-21-12-9-13-22-57)47-66(43-59)85-65-33-34-70-69-23-14-15-26-73(69)84(76(70)48-65)77-46-61(35-36-81-77)80(60-31-29-53(7)30-32-60)62-38-54-37-55(40-62)41-63(80)39-54/h8-36,42-48,50-52,54-55,62-63H,37-41,49H2,1-7H3. The van der Waals surface area contributed by atoms with Gasteiger partial charge in [-0.3, -0.25) is 4.57 Å². The molecule has 1 aliphatic heterocycles. The highest BCUT2D eigenvalue weighted by atomic mass is 16.5. The third-order valence-corrected chi connectivity index (χ3v) is 20.1. The van der Waals surface area contributed by atoms with Crippen molar-refractivity contribution < 1.29 is 4.74 Å². The fourth-order valence-corrected chi connectivity index (χ4v) is 16.5. The molecule has 5 heteroatoms. The minimum Gasteiger partial charge on any atom is -0.457 e. The predicted octanol–water partition coefficient (Wildman–Crippen LogP) is 21.6. The van der Waals surface area contributed by atoms with Crippen LogP contribution in [0.25, 0.3) is 61.0 Å². The number of hydrogen-bond acceptors (Lipinski definition) is 4. The van der Waals surface area contributed by atoms with Gasteiger partial charge in [0.05, 0.1) is 28.1 Å². The zero-order chi connectivity index (χ0) is 57.7. The predicted molar refractivity (Wildman–Crippen MR) is 355 cm³/mol. The third kappa shape index (κ3) is 8.98. The Bertz CT molecular complexity index is 4210. The van der Waals surface area contributed by atoms with Crippen LogP contribution in [-0.4, -0.2) is 16.2 Å². The van der Waals surface area contributed by atoms with E-state index in [1.807, 2.05) is 0 Å². The molecule has 5 aliphatic rings. The first-order valence-electron chi connectivity index (χ1n) is 31.4. The maximum Gasteiger partial charge on any atom is 0.137 e. The Labute approximate surface area is 502 Å². The summed E-state index contributed by atoms with van der Waals surface area (Å²) >= 11 is 0. The summed E-state index contributed by atoms with van der Waals surface area (Å²) in [5, 5.41) is 2.39. The number of nitrogens with zero attached hydrogens (tertiary/aromatic N) is 4. The Morgan fingerprint density at radius 2 is 1.07 bits per heavy atom. The van der Waals surface area contributed by atoms with E-state index in [4.69, 9.17) is 9.72 Å². The van der Waals surface area contributed by atoms with Gasteiger partial charge in [-0.05, 0) is 185 Å². The number of aryl methyl sites for hydroxylation is 1. The van der Waals surface area contributed by atoms with Gasteiger partial charge in [0, 0.05) is 51.3 Å². The van der Waals surface area contributed by atoms with Crippen molar-refractivity contribution >= 4 is 44.6 Å². The third-order valence-electron chi connectivity index (χ3n) is 20.1. The van der Waals surface area contributed by atoms with Gasteiger partial charge in [-0.1, -0.05) is 193 Å². The highest BCUT2D eigenvalue weighted by Gasteiger charge is 2.58. The van der Waals surface area contributed by atoms with Gasteiger partial charge in [0.25, 0.3) is 0 Å². The lowest BCUT2D eigenvalue weighted by molar-refractivity contribution is -0.0418. The van der Waals surface area contributed by atoms with Crippen molar-refractivity contribution in [3.8, 4) is 50.7 Å². The Balaban J connectivity index is 0.891. The average molecular weight is 1110 g/mol. The van der Waals surface area contributed by atoms with Crippen LogP contribution in [0.5, 0.6) is 11.5 Å². The van der Waals surface area contributed by atoms with Gasteiger partial charge in [0.1, 0.15) is 24.0 Å². The van der Waals surface area contributed by atoms with Crippen LogP contribution in [0.1, 0.15) is 125 Å². The van der Waals surface area contributed by atoms with Crippen molar-refractivity contribution in [3.63, 3.8) is 0 Å². The van der Waals surface area contributed by atoms with E-state index in [1.54, 1.807) is 0 Å². The Morgan fingerprint density at radius 1 is 0.471 bits per heavy atom. The van der Waals surface area contributed by atoms with Crippen molar-refractivity contribution in [2.24, 2.45) is 23.7 Å². The van der Waals surface area contributed by atoms with Crippen molar-refractivity contribution in [2.45, 2.75) is 104 Å². The summed E-state index contributed by atoms with van der Waals surface area (Å²) in [4.78, 5) is 10.3. The summed E-state index contributed by atoms with van der Waals surface area (Å²) in [6.07, 6.45) is 8.79. The largest absolute Gasteiger partial charge is 0.457 e. The van der Waals surface area contributed by atoms with Crippen LogP contribution in [0, 0.1) is 30.6 Å². The quantitative estimate of drug-likeness (QED) is 0.115. The fourth-order valence-electron chi connectivity index (χ4n) is 16.5. The number of fused-ring (bicyclic) bond motifs is 4. The van der Waals surface area contributed by atoms with Crippen LogP contribution < -0.4 is 14.5 Å². The molecule has 5 nitrogen and oxygen atoms in total. The van der Waals surface area contributed by atoms with Crippen LogP contribution in [0.2, 0.25) is 0 Å². The number of ether oxygens (including phenoxy) is 1. The van der Waals surface area contributed by atoms with Gasteiger partial charge in [0.2, 0.25) is 0 Å². The Hall–Kier alpha value is -8.67. The molecule has 9 aromatic carbocycles. The van der Waals surface area contributed by atoms with Crippen molar-refractivity contribution in [2.75, 3.05) is 16.5 Å². The molecule has 16 rings (SSSR count). The van der Waals surface area contributed by atoms with Crippen LogP contribution in [0.4, 0.5) is 22.7 Å². The van der Waals surface area contributed by atoms with E-state index in [0.717, 1.165) is 62.8 Å². The molecule has 11 aromatic rings. The highest BCUT2D eigenvalue weighted by Crippen LogP contribution is 2.65. The molecular formula is C80H76N4O. The normalized spacial score (nSPS) is 19.7. The first kappa shape index (κ1) is 53.1. The highest BCUT2D eigenvalue weighted by molar-refractivity contribution is 6.09. The zero-order valence-corrected chi connectivity index (χ0v) is 50.3. The molecule has 0 unspecified atom stereocenters. The van der Waals surface area contributed by atoms with Crippen LogP contribution in [0.15, 0.2) is 219 Å². The SMILES string of the molecule is Cc1ccc(C2(c3ccnc(-n4c5ccccc5c5ccc(Oc6cc(-c7c(C(C)C)cc(C(C)C)cc7C(C)C)cc(N7CN(c8c(-c9ccccc9)cccc8-c8ccccc8)c8ccccc87)c6)cc54)c3)C3CC4CC(C3)CC2C4)cc1. The number of aromatic nitrogens is 2. The zero-order valence-electron chi connectivity index (χ0n) is 50.3. The van der Waals surface area contributed by atoms with E-state index in [1.165, 1.54) is 110 Å². The van der Waals surface area contributed by atoms with Crippen molar-refractivity contribution in [1.82, 2.24) is 9.55 Å². The molecule has 0 radical (unpaired) electrons. The maximum atomic E-state index is 7.44. The lowest BCUT2D eigenvalue weighted by Crippen LogP contribution is -2.56. The summed E-state index contributed by atoms with van der Waals surface area (Å²) in [5.74, 6) is 6.46. The summed E-state index contributed by atoms with van der Waals surface area (Å²) in [6.45, 7) is 16.9. The average Bonchev–Trinajstić information content (AvgIpc) is 2.06. The Kier molecular flexibility index (Phi) is 13.2. The van der Waals surface area contributed by atoms with Crippen LogP contribution >= 0.6 is 0 Å². The molecule has 0 amide bonds. The number of hydrogen-bond donors (Lipinski definition) is 0. The molecule has 2 aromatic heterocycles. The van der Waals surface area contributed by atoms with E-state index in [0.29, 0.717) is 36.3 Å². The first-order chi connectivity index (χ1) is 41.5. The topological polar surface area (TPSA) is 33.5 Å². The van der Waals surface area contributed by atoms with E-state index in [2.05, 4.69) is 281 Å². The number of rotatable bonds is 13. The van der Waals surface area contributed by atoms with Crippen LogP contribution in [-0.2, 0) is 5.41 Å². The molecule has 0 spiro atoms. The molecule has 0 atom stereocenters. The molecule has 4 bridgehead atoms. The van der Waals surface area contributed by atoms with Gasteiger partial charge >= 0.3 is 0 Å². The monoisotopic (exact) mass is 1110 g/mol. The van der Waals surface area contributed by atoms with E-state index in [-0.39, 0.29) is 5.41 Å². The van der Waals surface area contributed by atoms with Crippen LogP contribution in [0.3, 0.4) is 0 Å². The molecule has 4 aliphatic carbocycles. The summed E-state index contributed by atoms with van der Waals surface area (Å²) < 4.78 is 9.86. The second-order valence-electron chi connectivity index (χ2n) is 26.2. The molecule has 422 valence electrons. The van der Waals surface area contributed by atoms with Crippen molar-refractivity contribution in [3.05, 3.63) is 252 Å². The first-order valence-corrected chi connectivity index (χ1v) is 31.4. The molecule has 85 heavy (non-hydrogen) atoms. The smallest absolute Gasteiger partial charge is 0.137 e. The van der Waals surface area contributed by atoms with Gasteiger partial charge in [-0.2, -0.15) is 0 Å². The van der Waals surface area contributed by atoms with Crippen molar-refractivity contribution in [1.29, 1.82) is 0 Å². The minimum atomic E-state index is -0.0447. The molecule has 4 saturated carbocycles. The fraction of sp³-hybridized carbons (Fsp3) is 0.263. The summed E-state index contributed by atoms with van der Waals surface area (Å²) in [6, 6.07) is 79.4. The van der Waals surface area contributed by atoms with Gasteiger partial charge in [-0.25, -0.2) is 4.98 Å². The second kappa shape index (κ2) is 21.1. The molecule has 0 saturated heterocycles. The number of pyridine rings is 1. The van der Waals surface area contributed by atoms with E-state index in [9.17, 15) is 0 Å². The lowest BCUT2D eigenvalue weighted by atomic mass is 9.42. The number of para-hydroxylation sites is 4. The molecule has 4 fully saturated rings. The molecule has 3 heterocycles. The summed E-state index contributed by atoms with van der Waals surface area (Å²) in [7, 11) is 0. The number of anilines is 4. The Morgan fingerprint density at radius 3 is 1.71 bits per heavy atom. The van der Waals surface area contributed by atoms with Gasteiger partial charge < -0.3 is 14.5 Å². The molecule has 0 N–H and O–H groups in total. The maximum absolute atomic E-state index is 7.44. The van der Waals surface area contributed by atoms with E-state index >= 15 is 0 Å². The van der Waals surface area contributed by atoms with Gasteiger partial charge in [-0.15, -0.1) is 0 Å². The minimum absolute atomic E-state index is 0.0447. The van der Waals surface area contributed by atoms with E-state index < -0.39 is 0 Å². The number of benzene rings is 9. The second-order valence-corrected chi connectivity index (χ2v) is 26.2. The summed E-state index contributed by atoms with van der Waals surface area (Å²) in [5.41, 5.74) is 22.3. The van der Waals surface area contributed by atoms with Gasteiger partial charge in [0.15, 0.2) is 0 Å². The molecular weight excluding hydrogens is 1030 g/mol.